The predicted octanol–water partition coefficient (Wildman–Crippen LogP) is 3.27. The van der Waals surface area contributed by atoms with Gasteiger partial charge < -0.3 is 10.6 Å². The van der Waals surface area contributed by atoms with E-state index in [1.54, 1.807) is 0 Å². The van der Waals surface area contributed by atoms with E-state index in [0.29, 0.717) is 5.92 Å². The van der Waals surface area contributed by atoms with Crippen molar-refractivity contribution in [3.63, 3.8) is 0 Å². The zero-order chi connectivity index (χ0) is 14.8. The Balaban J connectivity index is 2.11. The van der Waals surface area contributed by atoms with Crippen molar-refractivity contribution >= 4 is 11.6 Å². The van der Waals surface area contributed by atoms with E-state index >= 15 is 0 Å². The average molecular weight is 274 g/mol. The third kappa shape index (κ3) is 3.21. The molecule has 1 fully saturated rings. The molecule has 20 heavy (non-hydrogen) atoms. The van der Waals surface area contributed by atoms with Gasteiger partial charge in [-0.3, -0.25) is 4.79 Å². The summed E-state index contributed by atoms with van der Waals surface area (Å²) in [6.07, 6.45) is 2.28. The van der Waals surface area contributed by atoms with Crippen LogP contribution in [0.15, 0.2) is 18.2 Å². The Labute approximate surface area is 122 Å². The van der Waals surface area contributed by atoms with Crippen LogP contribution < -0.4 is 10.6 Å². The summed E-state index contributed by atoms with van der Waals surface area (Å²) in [5.74, 6) is 0.529. The van der Waals surface area contributed by atoms with Crippen LogP contribution in [0.3, 0.4) is 0 Å². The zero-order valence-electron chi connectivity index (χ0n) is 13.0. The Morgan fingerprint density at radius 2 is 2.10 bits per heavy atom. The van der Waals surface area contributed by atoms with Gasteiger partial charge in [0.25, 0.3) is 0 Å². The van der Waals surface area contributed by atoms with Gasteiger partial charge in [-0.2, -0.15) is 0 Å². The molecule has 1 aliphatic rings. The summed E-state index contributed by atoms with van der Waals surface area (Å²) in [5.41, 5.74) is 2.88. The van der Waals surface area contributed by atoms with Gasteiger partial charge in [-0.25, -0.2) is 0 Å². The van der Waals surface area contributed by atoms with Gasteiger partial charge in [0.1, 0.15) is 0 Å². The maximum Gasteiger partial charge on any atom is 0.230 e. The molecule has 0 aromatic heterocycles. The van der Waals surface area contributed by atoms with E-state index in [1.165, 1.54) is 5.56 Å². The van der Waals surface area contributed by atoms with Crippen molar-refractivity contribution in [2.75, 3.05) is 18.4 Å². The molecule has 0 bridgehead atoms. The van der Waals surface area contributed by atoms with Gasteiger partial charge in [-0.05, 0) is 62.9 Å². The van der Waals surface area contributed by atoms with Crippen LogP contribution >= 0.6 is 0 Å². The second-order valence-corrected chi connectivity index (χ2v) is 6.54. The van der Waals surface area contributed by atoms with Gasteiger partial charge in [-0.1, -0.05) is 26.0 Å². The fourth-order valence-corrected chi connectivity index (χ4v) is 2.81. The van der Waals surface area contributed by atoms with Crippen molar-refractivity contribution < 1.29 is 4.79 Å². The van der Waals surface area contributed by atoms with Crippen LogP contribution in [-0.4, -0.2) is 19.0 Å². The van der Waals surface area contributed by atoms with Gasteiger partial charge in [0.05, 0.1) is 0 Å². The number of amides is 1. The molecule has 1 unspecified atom stereocenters. The first-order valence-corrected chi connectivity index (χ1v) is 7.50. The third-order valence-electron chi connectivity index (χ3n) is 4.54. The number of carbonyl (C=O) groups excluding carboxylic acids is 1. The van der Waals surface area contributed by atoms with Gasteiger partial charge >= 0.3 is 0 Å². The van der Waals surface area contributed by atoms with Crippen LogP contribution in [0.2, 0.25) is 0 Å². The molecule has 2 rings (SSSR count). The average Bonchev–Trinajstić information content (AvgIpc) is 2.43. The Morgan fingerprint density at radius 3 is 2.75 bits per heavy atom. The largest absolute Gasteiger partial charge is 0.325 e. The first kappa shape index (κ1) is 15.0. The lowest BCUT2D eigenvalue weighted by Gasteiger charge is -2.36. The van der Waals surface area contributed by atoms with Crippen LogP contribution in [0.5, 0.6) is 0 Å². The lowest BCUT2D eigenvalue weighted by atomic mass is 9.74. The highest BCUT2D eigenvalue weighted by Gasteiger charge is 2.37. The van der Waals surface area contributed by atoms with Gasteiger partial charge in [0.2, 0.25) is 5.91 Å². The molecular formula is C17H26N2O. The van der Waals surface area contributed by atoms with Gasteiger partial charge in [0.15, 0.2) is 0 Å². The van der Waals surface area contributed by atoms with Crippen molar-refractivity contribution in [1.29, 1.82) is 0 Å². The molecule has 0 spiro atoms. The summed E-state index contributed by atoms with van der Waals surface area (Å²) < 4.78 is 0. The number of carbonyl (C=O) groups is 1. The summed E-state index contributed by atoms with van der Waals surface area (Å²) in [6, 6.07) is 6.17. The number of hydrogen-bond acceptors (Lipinski definition) is 2. The highest BCUT2D eigenvalue weighted by molar-refractivity contribution is 5.95. The quantitative estimate of drug-likeness (QED) is 0.888. The van der Waals surface area contributed by atoms with Crippen molar-refractivity contribution in [3.8, 4) is 0 Å². The molecule has 3 heteroatoms. The summed E-state index contributed by atoms with van der Waals surface area (Å²) in [5, 5.41) is 6.52. The molecule has 3 nitrogen and oxygen atoms in total. The van der Waals surface area contributed by atoms with E-state index in [-0.39, 0.29) is 11.3 Å². The highest BCUT2D eigenvalue weighted by Crippen LogP contribution is 2.33. The normalized spacial score (nSPS) is 19.7. The molecule has 1 amide bonds. The Hall–Kier alpha value is -1.35. The minimum atomic E-state index is -0.344. The SMILES string of the molecule is Cc1ccc(C)c(NC(=O)C(C)(C)C2CCCNC2)c1. The van der Waals surface area contributed by atoms with Crippen LogP contribution in [0.4, 0.5) is 5.69 Å². The minimum absolute atomic E-state index is 0.125. The molecule has 0 saturated carbocycles. The molecule has 1 heterocycles. The Bertz CT molecular complexity index is 488. The minimum Gasteiger partial charge on any atom is -0.325 e. The summed E-state index contributed by atoms with van der Waals surface area (Å²) >= 11 is 0. The molecule has 2 N–H and O–H groups in total. The van der Waals surface area contributed by atoms with Crippen LogP contribution in [0.1, 0.15) is 37.8 Å². The second kappa shape index (κ2) is 5.96. The van der Waals surface area contributed by atoms with Crippen molar-refractivity contribution in [2.45, 2.75) is 40.5 Å². The monoisotopic (exact) mass is 274 g/mol. The molecular weight excluding hydrogens is 248 g/mol. The first-order valence-electron chi connectivity index (χ1n) is 7.50. The highest BCUT2D eigenvalue weighted by atomic mass is 16.2. The number of benzene rings is 1. The van der Waals surface area contributed by atoms with E-state index in [2.05, 4.69) is 36.6 Å². The van der Waals surface area contributed by atoms with E-state index in [9.17, 15) is 4.79 Å². The number of hydrogen-bond donors (Lipinski definition) is 2. The van der Waals surface area contributed by atoms with E-state index in [0.717, 1.165) is 37.2 Å². The maximum atomic E-state index is 12.7. The zero-order valence-corrected chi connectivity index (χ0v) is 13.0. The topological polar surface area (TPSA) is 41.1 Å². The molecule has 1 atom stereocenters. The summed E-state index contributed by atoms with van der Waals surface area (Å²) in [7, 11) is 0. The lowest BCUT2D eigenvalue weighted by molar-refractivity contribution is -0.127. The number of rotatable bonds is 3. The second-order valence-electron chi connectivity index (χ2n) is 6.54. The standard InChI is InChI=1S/C17H26N2O/c1-12-7-8-13(2)15(10-12)19-16(20)17(3,4)14-6-5-9-18-11-14/h7-8,10,14,18H,5-6,9,11H2,1-4H3,(H,19,20). The Kier molecular flexibility index (Phi) is 4.48. The number of piperidine rings is 1. The number of aryl methyl sites for hydroxylation is 2. The number of anilines is 1. The summed E-state index contributed by atoms with van der Waals surface area (Å²) in [6.45, 7) is 10.2. The van der Waals surface area contributed by atoms with Crippen LogP contribution in [0, 0.1) is 25.2 Å². The van der Waals surface area contributed by atoms with E-state index in [1.807, 2.05) is 19.9 Å². The van der Waals surface area contributed by atoms with Crippen LogP contribution in [-0.2, 0) is 4.79 Å². The van der Waals surface area contributed by atoms with E-state index in [4.69, 9.17) is 0 Å². The predicted molar refractivity (Wildman–Crippen MR) is 83.9 cm³/mol. The molecule has 110 valence electrons. The molecule has 1 aliphatic heterocycles. The number of nitrogens with one attached hydrogen (secondary N) is 2. The molecule has 1 aromatic rings. The van der Waals surface area contributed by atoms with Gasteiger partial charge in [-0.15, -0.1) is 0 Å². The lowest BCUT2D eigenvalue weighted by Crippen LogP contribution is -2.44. The summed E-state index contributed by atoms with van der Waals surface area (Å²) in [4.78, 5) is 12.7. The van der Waals surface area contributed by atoms with E-state index < -0.39 is 0 Å². The maximum absolute atomic E-state index is 12.7. The van der Waals surface area contributed by atoms with Crippen molar-refractivity contribution in [3.05, 3.63) is 29.3 Å². The smallest absolute Gasteiger partial charge is 0.230 e. The fourth-order valence-electron chi connectivity index (χ4n) is 2.81. The Morgan fingerprint density at radius 1 is 1.35 bits per heavy atom. The van der Waals surface area contributed by atoms with Crippen LogP contribution in [0.25, 0.3) is 0 Å². The molecule has 1 saturated heterocycles. The molecule has 1 aromatic carbocycles. The van der Waals surface area contributed by atoms with Crippen molar-refractivity contribution in [2.24, 2.45) is 11.3 Å². The van der Waals surface area contributed by atoms with Gasteiger partial charge in [0, 0.05) is 11.1 Å². The van der Waals surface area contributed by atoms with Crippen molar-refractivity contribution in [1.82, 2.24) is 5.32 Å². The first-order chi connectivity index (χ1) is 9.41. The third-order valence-corrected chi connectivity index (χ3v) is 4.54. The fraction of sp³-hybridized carbons (Fsp3) is 0.588. The molecule has 0 aliphatic carbocycles. The molecule has 0 radical (unpaired) electrons.